The fourth-order valence-electron chi connectivity index (χ4n) is 4.82. The Morgan fingerprint density at radius 3 is 2.45 bits per heavy atom. The van der Waals surface area contributed by atoms with E-state index in [1.807, 2.05) is 24.4 Å². The zero-order chi connectivity index (χ0) is 20.8. The molecule has 2 saturated heterocycles. The minimum Gasteiger partial charge on any atom is -0.474 e. The van der Waals surface area contributed by atoms with Gasteiger partial charge in [0.2, 0.25) is 5.88 Å². The highest BCUT2D eigenvalue weighted by Gasteiger charge is 2.35. The Bertz CT molecular complexity index is 1040. The molecule has 3 aromatic heterocycles. The second-order valence-corrected chi connectivity index (χ2v) is 9.00. The molecule has 3 aromatic rings. The highest BCUT2D eigenvalue weighted by atomic mass is 16.5. The van der Waals surface area contributed by atoms with Gasteiger partial charge >= 0.3 is 0 Å². The summed E-state index contributed by atoms with van der Waals surface area (Å²) in [4.78, 5) is 7.07. The highest BCUT2D eigenvalue weighted by molar-refractivity contribution is 5.70. The van der Waals surface area contributed by atoms with E-state index in [4.69, 9.17) is 9.72 Å². The number of pyridine rings is 1. The normalized spacial score (nSPS) is 24.9. The molecule has 160 valence electrons. The maximum Gasteiger partial charge on any atom is 0.222 e. The van der Waals surface area contributed by atoms with Crippen LogP contribution in [0.25, 0.3) is 22.5 Å². The first-order chi connectivity index (χ1) is 15.2. The number of rotatable bonds is 6. The largest absolute Gasteiger partial charge is 0.474 e. The maximum absolute atomic E-state index is 6.09. The van der Waals surface area contributed by atoms with Gasteiger partial charge in [0.15, 0.2) is 5.82 Å². The number of nitrogens with zero attached hydrogens (tertiary/aromatic N) is 5. The number of ether oxygens (including phenoxy) is 1. The minimum absolute atomic E-state index is 0.260. The van der Waals surface area contributed by atoms with Gasteiger partial charge in [-0.25, -0.2) is 4.98 Å². The van der Waals surface area contributed by atoms with Crippen LogP contribution in [0, 0.1) is 0 Å². The van der Waals surface area contributed by atoms with E-state index < -0.39 is 0 Å². The molecule has 2 bridgehead atoms. The van der Waals surface area contributed by atoms with Crippen molar-refractivity contribution in [2.75, 3.05) is 11.9 Å². The second-order valence-electron chi connectivity index (χ2n) is 9.00. The van der Waals surface area contributed by atoms with Gasteiger partial charge in [-0.05, 0) is 62.8 Å². The van der Waals surface area contributed by atoms with Gasteiger partial charge in [-0.1, -0.05) is 0 Å². The van der Waals surface area contributed by atoms with Gasteiger partial charge in [0.1, 0.15) is 11.8 Å². The molecule has 8 nitrogen and oxygen atoms in total. The van der Waals surface area contributed by atoms with Gasteiger partial charge in [0.25, 0.3) is 0 Å². The number of H-pyrrole nitrogens is 1. The van der Waals surface area contributed by atoms with Crippen molar-refractivity contribution in [3.63, 3.8) is 0 Å². The molecule has 3 aliphatic rings. The summed E-state index contributed by atoms with van der Waals surface area (Å²) in [5, 5.41) is 19.7. The fourth-order valence-corrected chi connectivity index (χ4v) is 4.82. The Hall–Kier alpha value is -3.00. The summed E-state index contributed by atoms with van der Waals surface area (Å²) in [6, 6.07) is 9.89. The van der Waals surface area contributed by atoms with Gasteiger partial charge < -0.3 is 15.0 Å². The van der Waals surface area contributed by atoms with E-state index in [1.54, 1.807) is 6.20 Å². The molecule has 0 spiro atoms. The molecule has 3 fully saturated rings. The smallest absolute Gasteiger partial charge is 0.222 e. The molecule has 0 unspecified atom stereocenters. The van der Waals surface area contributed by atoms with Crippen LogP contribution in [0.1, 0.15) is 38.5 Å². The lowest BCUT2D eigenvalue weighted by molar-refractivity contribution is 0.293. The Balaban J connectivity index is 1.24. The lowest BCUT2D eigenvalue weighted by atomic mass is 9.98. The molecular formula is C23H27N7O. The first-order valence-corrected chi connectivity index (χ1v) is 11.2. The number of piperidine rings is 1. The molecule has 2 aliphatic heterocycles. The van der Waals surface area contributed by atoms with Crippen LogP contribution in [0.3, 0.4) is 0 Å². The van der Waals surface area contributed by atoms with Crippen molar-refractivity contribution in [2.45, 2.75) is 62.8 Å². The molecule has 1 saturated carbocycles. The van der Waals surface area contributed by atoms with Crippen LogP contribution < -0.4 is 15.0 Å². The van der Waals surface area contributed by atoms with E-state index in [0.717, 1.165) is 41.2 Å². The summed E-state index contributed by atoms with van der Waals surface area (Å²) >= 11 is 0. The second kappa shape index (κ2) is 7.60. The third-order valence-electron chi connectivity index (χ3n) is 6.74. The lowest BCUT2D eigenvalue weighted by Gasteiger charge is -2.36. The summed E-state index contributed by atoms with van der Waals surface area (Å²) in [6.07, 6.45) is 11.0. The average molecular weight is 418 g/mol. The number of hydrogen-bond donors (Lipinski definition) is 2. The third-order valence-corrected chi connectivity index (χ3v) is 6.74. The number of aromatic nitrogens is 5. The van der Waals surface area contributed by atoms with Crippen LogP contribution >= 0.6 is 0 Å². The van der Waals surface area contributed by atoms with Crippen LogP contribution in [0.4, 0.5) is 5.82 Å². The molecule has 0 radical (unpaired) electrons. The van der Waals surface area contributed by atoms with Crippen molar-refractivity contribution in [1.29, 1.82) is 0 Å². The Morgan fingerprint density at radius 2 is 1.77 bits per heavy atom. The third kappa shape index (κ3) is 3.76. The van der Waals surface area contributed by atoms with E-state index in [9.17, 15) is 0 Å². The van der Waals surface area contributed by atoms with Gasteiger partial charge in [0.05, 0.1) is 11.9 Å². The van der Waals surface area contributed by atoms with Crippen molar-refractivity contribution >= 4 is 5.82 Å². The molecule has 5 heterocycles. The maximum atomic E-state index is 6.09. The van der Waals surface area contributed by atoms with Gasteiger partial charge in [0, 0.05) is 42.5 Å². The van der Waals surface area contributed by atoms with E-state index in [-0.39, 0.29) is 6.10 Å². The number of anilines is 1. The standard InChI is InChI=1S/C23H27N7O/c1-30(17-10-15-2-3-16(11-17)26-15)22-9-8-21(28-29-22)20-7-6-19(14-12-24-25-13-14)23(27-20)31-18-4-5-18/h6-9,12-13,15-18,26H,2-5,10-11H2,1H3,(H,24,25)/t15-,16+,17+. The Kier molecular flexibility index (Phi) is 4.60. The molecule has 8 heteroatoms. The molecule has 1 aliphatic carbocycles. The van der Waals surface area contributed by atoms with E-state index in [1.165, 1.54) is 25.7 Å². The Labute approximate surface area is 181 Å². The first-order valence-electron chi connectivity index (χ1n) is 11.2. The number of fused-ring (bicyclic) bond motifs is 2. The summed E-state index contributed by atoms with van der Waals surface area (Å²) in [7, 11) is 2.14. The lowest BCUT2D eigenvalue weighted by Crippen LogP contribution is -2.47. The SMILES string of the molecule is CN(c1ccc(-c2ccc(-c3cn[nH]c3)c(OC3CC3)n2)nn1)[C@H]1C[C@H]2CC[C@@H](C1)N2. The van der Waals surface area contributed by atoms with Gasteiger partial charge in [-0.15, -0.1) is 10.2 Å². The van der Waals surface area contributed by atoms with Gasteiger partial charge in [-0.2, -0.15) is 5.10 Å². The van der Waals surface area contributed by atoms with Crippen molar-refractivity contribution in [3.05, 3.63) is 36.7 Å². The topological polar surface area (TPSA) is 91.9 Å². The van der Waals surface area contributed by atoms with Crippen LogP contribution in [0.2, 0.25) is 0 Å². The van der Waals surface area contributed by atoms with Crippen molar-refractivity contribution in [2.24, 2.45) is 0 Å². The molecule has 31 heavy (non-hydrogen) atoms. The first kappa shape index (κ1) is 18.7. The van der Waals surface area contributed by atoms with Crippen molar-refractivity contribution < 1.29 is 4.74 Å². The molecule has 0 aromatic carbocycles. The van der Waals surface area contributed by atoms with Crippen LogP contribution in [-0.2, 0) is 0 Å². The molecule has 0 amide bonds. The summed E-state index contributed by atoms with van der Waals surface area (Å²) < 4.78 is 6.09. The highest BCUT2D eigenvalue weighted by Crippen LogP contribution is 2.35. The van der Waals surface area contributed by atoms with E-state index >= 15 is 0 Å². The summed E-state index contributed by atoms with van der Waals surface area (Å²) in [5.74, 6) is 1.55. The number of aromatic amines is 1. The zero-order valence-corrected chi connectivity index (χ0v) is 17.7. The predicted molar refractivity (Wildman–Crippen MR) is 118 cm³/mol. The quantitative estimate of drug-likeness (QED) is 0.636. The monoisotopic (exact) mass is 417 g/mol. The minimum atomic E-state index is 0.260. The molecule has 3 atom stereocenters. The van der Waals surface area contributed by atoms with Crippen molar-refractivity contribution in [3.8, 4) is 28.4 Å². The predicted octanol–water partition coefficient (Wildman–Crippen LogP) is 3.19. The fraction of sp³-hybridized carbons (Fsp3) is 0.478. The Morgan fingerprint density at radius 1 is 0.968 bits per heavy atom. The number of nitrogens with one attached hydrogen (secondary N) is 2. The summed E-state index contributed by atoms with van der Waals surface area (Å²) in [5.41, 5.74) is 3.43. The van der Waals surface area contributed by atoms with E-state index in [0.29, 0.717) is 24.0 Å². The summed E-state index contributed by atoms with van der Waals surface area (Å²) in [6.45, 7) is 0. The zero-order valence-electron chi connectivity index (χ0n) is 17.7. The average Bonchev–Trinajstić information content (AvgIpc) is 3.32. The van der Waals surface area contributed by atoms with Crippen LogP contribution in [0.5, 0.6) is 5.88 Å². The molecule has 2 N–H and O–H groups in total. The van der Waals surface area contributed by atoms with Crippen molar-refractivity contribution in [1.82, 2.24) is 30.7 Å². The molecular weight excluding hydrogens is 390 g/mol. The van der Waals surface area contributed by atoms with Crippen LogP contribution in [0.15, 0.2) is 36.7 Å². The van der Waals surface area contributed by atoms with E-state index in [2.05, 4.69) is 43.7 Å². The van der Waals surface area contributed by atoms with Gasteiger partial charge in [-0.3, -0.25) is 5.10 Å². The number of hydrogen-bond acceptors (Lipinski definition) is 7. The van der Waals surface area contributed by atoms with Crippen LogP contribution in [-0.4, -0.2) is 56.7 Å². The molecule has 6 rings (SSSR count).